The van der Waals surface area contributed by atoms with E-state index in [-0.39, 0.29) is 22.7 Å². The molecule has 0 aromatic heterocycles. The number of carbonyl (C=O) groups is 1. The summed E-state index contributed by atoms with van der Waals surface area (Å²) in [7, 11) is 0. The fourth-order valence-corrected chi connectivity index (χ4v) is 2.66. The molecule has 0 aliphatic heterocycles. The van der Waals surface area contributed by atoms with Gasteiger partial charge in [0.05, 0.1) is 10.3 Å². The minimum Gasteiger partial charge on any atom is -0.348 e. The van der Waals surface area contributed by atoms with E-state index in [2.05, 4.69) is 5.32 Å². The molecule has 1 aliphatic rings. The Morgan fingerprint density at radius 2 is 2.00 bits per heavy atom. The Labute approximate surface area is 116 Å². The highest BCUT2D eigenvalue weighted by Crippen LogP contribution is 2.24. The SMILES string of the molecule is O=C(NC1CCCCC1Cl)c1ccccc1[N+](=O)[O-]. The van der Waals surface area contributed by atoms with Crippen molar-refractivity contribution < 1.29 is 9.72 Å². The molecule has 2 atom stereocenters. The number of alkyl halides is 1. The molecule has 0 saturated heterocycles. The first-order chi connectivity index (χ1) is 9.09. The number of nitro groups is 1. The summed E-state index contributed by atoms with van der Waals surface area (Å²) in [5.41, 5.74) is -0.0936. The zero-order valence-corrected chi connectivity index (χ0v) is 11.1. The van der Waals surface area contributed by atoms with Crippen molar-refractivity contribution >= 4 is 23.2 Å². The van der Waals surface area contributed by atoms with E-state index < -0.39 is 10.8 Å². The molecule has 1 aliphatic carbocycles. The Balaban J connectivity index is 2.13. The number of nitrogens with zero attached hydrogens (tertiary/aromatic N) is 1. The van der Waals surface area contributed by atoms with Crippen molar-refractivity contribution in [3.05, 3.63) is 39.9 Å². The monoisotopic (exact) mass is 282 g/mol. The van der Waals surface area contributed by atoms with Crippen LogP contribution in [0.1, 0.15) is 36.0 Å². The van der Waals surface area contributed by atoms with Crippen molar-refractivity contribution in [2.75, 3.05) is 0 Å². The van der Waals surface area contributed by atoms with Crippen LogP contribution in [0.2, 0.25) is 0 Å². The molecule has 19 heavy (non-hydrogen) atoms. The van der Waals surface area contributed by atoms with E-state index in [9.17, 15) is 14.9 Å². The first kappa shape index (κ1) is 13.8. The number of rotatable bonds is 3. The summed E-state index contributed by atoms with van der Waals surface area (Å²) >= 11 is 6.17. The van der Waals surface area contributed by atoms with Crippen molar-refractivity contribution in [1.29, 1.82) is 0 Å². The predicted molar refractivity (Wildman–Crippen MR) is 72.5 cm³/mol. The van der Waals surface area contributed by atoms with Crippen molar-refractivity contribution in [2.45, 2.75) is 37.1 Å². The Morgan fingerprint density at radius 3 is 2.68 bits per heavy atom. The van der Waals surface area contributed by atoms with Crippen molar-refractivity contribution in [2.24, 2.45) is 0 Å². The standard InChI is InChI=1S/C13H15ClN2O3/c14-10-6-2-3-7-11(10)15-13(17)9-5-1-4-8-12(9)16(18)19/h1,4-5,8,10-11H,2-3,6-7H2,(H,15,17). The van der Waals surface area contributed by atoms with Gasteiger partial charge in [-0.15, -0.1) is 11.6 Å². The van der Waals surface area contributed by atoms with Crippen LogP contribution in [0.25, 0.3) is 0 Å². The molecule has 1 aromatic rings. The smallest absolute Gasteiger partial charge is 0.282 e. The van der Waals surface area contributed by atoms with Crippen molar-refractivity contribution in [3.8, 4) is 0 Å². The van der Waals surface area contributed by atoms with Gasteiger partial charge in [-0.3, -0.25) is 14.9 Å². The number of carbonyl (C=O) groups excluding carboxylic acids is 1. The first-order valence-corrected chi connectivity index (χ1v) is 6.71. The molecular weight excluding hydrogens is 268 g/mol. The Hall–Kier alpha value is -1.62. The van der Waals surface area contributed by atoms with Gasteiger partial charge in [0.15, 0.2) is 0 Å². The summed E-state index contributed by atoms with van der Waals surface area (Å²) in [5, 5.41) is 13.6. The highest BCUT2D eigenvalue weighted by atomic mass is 35.5. The van der Waals surface area contributed by atoms with Gasteiger partial charge < -0.3 is 5.32 Å². The predicted octanol–water partition coefficient (Wildman–Crippen LogP) is 2.87. The Kier molecular flexibility index (Phi) is 4.37. The minimum atomic E-state index is -0.548. The molecule has 1 N–H and O–H groups in total. The van der Waals surface area contributed by atoms with Gasteiger partial charge in [-0.25, -0.2) is 0 Å². The third kappa shape index (κ3) is 3.23. The van der Waals surface area contributed by atoms with Gasteiger partial charge in [0, 0.05) is 12.1 Å². The molecule has 2 unspecified atom stereocenters. The lowest BCUT2D eigenvalue weighted by Gasteiger charge is -2.27. The van der Waals surface area contributed by atoms with Crippen LogP contribution < -0.4 is 5.32 Å². The van der Waals surface area contributed by atoms with Gasteiger partial charge in [0.1, 0.15) is 5.56 Å². The quantitative estimate of drug-likeness (QED) is 0.526. The summed E-state index contributed by atoms with van der Waals surface area (Å²) in [5.74, 6) is -0.426. The molecule has 1 saturated carbocycles. The van der Waals surface area contributed by atoms with E-state index in [1.807, 2.05) is 0 Å². The Morgan fingerprint density at radius 1 is 1.32 bits per heavy atom. The maximum absolute atomic E-state index is 12.1. The number of nitrogens with one attached hydrogen (secondary N) is 1. The second-order valence-corrected chi connectivity index (χ2v) is 5.22. The number of hydrogen-bond donors (Lipinski definition) is 1. The van der Waals surface area contributed by atoms with E-state index in [0.29, 0.717) is 0 Å². The summed E-state index contributed by atoms with van der Waals surface area (Å²) in [4.78, 5) is 22.4. The molecule has 102 valence electrons. The second kappa shape index (κ2) is 6.02. The van der Waals surface area contributed by atoms with Gasteiger partial charge in [-0.05, 0) is 18.9 Å². The molecule has 1 aromatic carbocycles. The summed E-state index contributed by atoms with van der Waals surface area (Å²) in [6.07, 6.45) is 3.76. The summed E-state index contributed by atoms with van der Waals surface area (Å²) in [6, 6.07) is 5.83. The van der Waals surface area contributed by atoms with Crippen LogP contribution in [-0.4, -0.2) is 22.2 Å². The summed E-state index contributed by atoms with van der Waals surface area (Å²) < 4.78 is 0. The minimum absolute atomic E-state index is 0.0851. The molecule has 2 rings (SSSR count). The molecule has 0 bridgehead atoms. The first-order valence-electron chi connectivity index (χ1n) is 6.28. The third-order valence-corrected chi connectivity index (χ3v) is 3.87. The highest BCUT2D eigenvalue weighted by Gasteiger charge is 2.27. The maximum Gasteiger partial charge on any atom is 0.282 e. The highest BCUT2D eigenvalue weighted by molar-refractivity contribution is 6.21. The lowest BCUT2D eigenvalue weighted by molar-refractivity contribution is -0.385. The average molecular weight is 283 g/mol. The molecule has 0 heterocycles. The average Bonchev–Trinajstić information content (AvgIpc) is 2.41. The van der Waals surface area contributed by atoms with E-state index in [1.165, 1.54) is 12.1 Å². The molecular formula is C13H15ClN2O3. The lowest BCUT2D eigenvalue weighted by Crippen LogP contribution is -2.42. The fraction of sp³-hybridized carbons (Fsp3) is 0.462. The number of amides is 1. The number of para-hydroxylation sites is 1. The van der Waals surface area contributed by atoms with Gasteiger partial charge >= 0.3 is 0 Å². The van der Waals surface area contributed by atoms with Crippen LogP contribution in [0.15, 0.2) is 24.3 Å². The van der Waals surface area contributed by atoms with Gasteiger partial charge in [-0.1, -0.05) is 25.0 Å². The number of benzene rings is 1. The third-order valence-electron chi connectivity index (χ3n) is 3.34. The van der Waals surface area contributed by atoms with E-state index in [1.54, 1.807) is 12.1 Å². The number of halogens is 1. The molecule has 5 nitrogen and oxygen atoms in total. The van der Waals surface area contributed by atoms with Crippen LogP contribution in [0, 0.1) is 10.1 Å². The Bertz CT molecular complexity index is 493. The van der Waals surface area contributed by atoms with E-state index in [4.69, 9.17) is 11.6 Å². The van der Waals surface area contributed by atoms with Crippen LogP contribution in [0.3, 0.4) is 0 Å². The van der Waals surface area contributed by atoms with Crippen LogP contribution >= 0.6 is 11.6 Å². The molecule has 1 amide bonds. The lowest BCUT2D eigenvalue weighted by atomic mass is 9.94. The van der Waals surface area contributed by atoms with Gasteiger partial charge in [0.25, 0.3) is 11.6 Å². The molecule has 6 heteroatoms. The largest absolute Gasteiger partial charge is 0.348 e. The molecule has 1 fully saturated rings. The van der Waals surface area contributed by atoms with E-state index >= 15 is 0 Å². The van der Waals surface area contributed by atoms with Gasteiger partial charge in [0.2, 0.25) is 0 Å². The van der Waals surface area contributed by atoms with Gasteiger partial charge in [-0.2, -0.15) is 0 Å². The summed E-state index contributed by atoms with van der Waals surface area (Å²) in [6.45, 7) is 0. The molecule has 0 spiro atoms. The normalized spacial score (nSPS) is 22.8. The second-order valence-electron chi connectivity index (χ2n) is 4.65. The number of nitro benzene ring substituents is 1. The van der Waals surface area contributed by atoms with E-state index in [0.717, 1.165) is 25.7 Å². The van der Waals surface area contributed by atoms with Crippen LogP contribution in [-0.2, 0) is 0 Å². The maximum atomic E-state index is 12.1. The molecule has 0 radical (unpaired) electrons. The topological polar surface area (TPSA) is 72.2 Å². The number of hydrogen-bond acceptors (Lipinski definition) is 3. The van der Waals surface area contributed by atoms with Crippen LogP contribution in [0.5, 0.6) is 0 Å². The zero-order chi connectivity index (χ0) is 13.8. The van der Waals surface area contributed by atoms with Crippen molar-refractivity contribution in [1.82, 2.24) is 5.32 Å². The zero-order valence-electron chi connectivity index (χ0n) is 10.3. The fourth-order valence-electron chi connectivity index (χ4n) is 2.32. The van der Waals surface area contributed by atoms with Crippen LogP contribution in [0.4, 0.5) is 5.69 Å². The van der Waals surface area contributed by atoms with Crippen molar-refractivity contribution in [3.63, 3.8) is 0 Å².